The highest BCUT2D eigenvalue weighted by Gasteiger charge is 2.31. The second kappa shape index (κ2) is 11.2. The minimum Gasteiger partial charge on any atom is -0.378 e. The first-order valence-corrected chi connectivity index (χ1v) is 13.6. The molecule has 0 radical (unpaired) electrons. The number of anilines is 1. The van der Waals surface area contributed by atoms with Crippen LogP contribution in [0.15, 0.2) is 54.6 Å². The monoisotopic (exact) mass is 534 g/mol. The smallest absolute Gasteiger partial charge is 0.378 e. The first kappa shape index (κ1) is 27.0. The number of nitrogens with zero attached hydrogens (tertiary/aromatic N) is 4. The Balaban J connectivity index is 1.78. The first-order valence-electron chi connectivity index (χ1n) is 12.0. The van der Waals surface area contributed by atoms with Gasteiger partial charge in [0.1, 0.15) is 5.82 Å². The van der Waals surface area contributed by atoms with E-state index in [2.05, 4.69) is 0 Å². The van der Waals surface area contributed by atoms with E-state index in [1.165, 1.54) is 17.5 Å². The van der Waals surface area contributed by atoms with E-state index in [0.717, 1.165) is 17.7 Å². The van der Waals surface area contributed by atoms with Gasteiger partial charge in [0.2, 0.25) is 10.0 Å². The molecule has 0 atom stereocenters. The molecule has 3 aromatic rings. The summed E-state index contributed by atoms with van der Waals surface area (Å²) in [6, 6.07) is 14.6. The standard InChI is InChI=1S/C26H29F3N4O3S/c1-3-37(34,35)33-14-12-32(13-15-33)25-22(17-19-8-7-11-21(16-19)26(27,28)29)23(18-36-2)30-24(31-25)20-9-5-4-6-10-20/h4-11,16H,3,12-15,17-18H2,1-2H3. The second-order valence-electron chi connectivity index (χ2n) is 8.76. The number of rotatable bonds is 8. The molecule has 2 heterocycles. The summed E-state index contributed by atoms with van der Waals surface area (Å²) >= 11 is 0. The molecule has 198 valence electrons. The molecule has 0 unspecified atom stereocenters. The van der Waals surface area contributed by atoms with Gasteiger partial charge in [-0.15, -0.1) is 0 Å². The zero-order chi connectivity index (χ0) is 26.6. The lowest BCUT2D eigenvalue weighted by Crippen LogP contribution is -2.49. The van der Waals surface area contributed by atoms with Crippen LogP contribution in [0.1, 0.15) is 29.3 Å². The van der Waals surface area contributed by atoms with E-state index in [1.54, 1.807) is 13.0 Å². The number of sulfonamides is 1. The summed E-state index contributed by atoms with van der Waals surface area (Å²) in [5.41, 5.74) is 1.77. The summed E-state index contributed by atoms with van der Waals surface area (Å²) in [5.74, 6) is 1.07. The number of aromatic nitrogens is 2. The molecule has 0 spiro atoms. The molecule has 37 heavy (non-hydrogen) atoms. The van der Waals surface area contributed by atoms with Crippen molar-refractivity contribution in [3.63, 3.8) is 0 Å². The molecule has 0 amide bonds. The van der Waals surface area contributed by atoms with Crippen molar-refractivity contribution in [2.24, 2.45) is 0 Å². The Kier molecular flexibility index (Phi) is 8.15. The number of methoxy groups -OCH3 is 1. The molecule has 4 rings (SSSR count). The predicted octanol–water partition coefficient (Wildman–Crippen LogP) is 4.37. The number of hydrogen-bond donors (Lipinski definition) is 0. The Morgan fingerprint density at radius 1 is 0.973 bits per heavy atom. The lowest BCUT2D eigenvalue weighted by molar-refractivity contribution is -0.137. The van der Waals surface area contributed by atoms with Crippen LogP contribution in [0.5, 0.6) is 0 Å². The van der Waals surface area contributed by atoms with Gasteiger partial charge in [0.15, 0.2) is 5.82 Å². The topological polar surface area (TPSA) is 75.6 Å². The van der Waals surface area contributed by atoms with Crippen LogP contribution >= 0.6 is 0 Å². The van der Waals surface area contributed by atoms with E-state index in [9.17, 15) is 21.6 Å². The molecular weight excluding hydrogens is 505 g/mol. The van der Waals surface area contributed by atoms with Gasteiger partial charge < -0.3 is 9.64 Å². The number of piperazine rings is 1. The summed E-state index contributed by atoms with van der Waals surface area (Å²) in [5, 5.41) is 0. The van der Waals surface area contributed by atoms with Crippen LogP contribution in [-0.2, 0) is 34.0 Å². The van der Waals surface area contributed by atoms with Crippen LogP contribution < -0.4 is 4.90 Å². The zero-order valence-electron chi connectivity index (χ0n) is 20.7. The molecule has 1 aliphatic heterocycles. The molecule has 11 heteroatoms. The van der Waals surface area contributed by atoms with Crippen molar-refractivity contribution in [3.05, 3.63) is 77.0 Å². The van der Waals surface area contributed by atoms with Crippen LogP contribution in [0.3, 0.4) is 0 Å². The van der Waals surface area contributed by atoms with Gasteiger partial charge in [-0.2, -0.15) is 17.5 Å². The van der Waals surface area contributed by atoms with E-state index in [1.807, 2.05) is 35.2 Å². The highest BCUT2D eigenvalue weighted by molar-refractivity contribution is 7.89. The molecule has 2 aromatic carbocycles. The van der Waals surface area contributed by atoms with Crippen molar-refractivity contribution < 1.29 is 26.3 Å². The van der Waals surface area contributed by atoms with Gasteiger partial charge in [0.05, 0.1) is 23.6 Å². The van der Waals surface area contributed by atoms with E-state index in [-0.39, 0.29) is 18.8 Å². The quantitative estimate of drug-likeness (QED) is 0.427. The average Bonchev–Trinajstić information content (AvgIpc) is 2.90. The molecule has 0 aliphatic carbocycles. The minimum atomic E-state index is -4.46. The van der Waals surface area contributed by atoms with Gasteiger partial charge >= 0.3 is 6.18 Å². The Morgan fingerprint density at radius 3 is 2.30 bits per heavy atom. The third-order valence-corrected chi connectivity index (χ3v) is 8.20. The lowest BCUT2D eigenvalue weighted by atomic mass is 10.0. The Morgan fingerprint density at radius 2 is 1.68 bits per heavy atom. The molecule has 0 saturated carbocycles. The fraction of sp³-hybridized carbons (Fsp3) is 0.385. The van der Waals surface area contributed by atoms with Crippen LogP contribution in [0.4, 0.5) is 19.0 Å². The van der Waals surface area contributed by atoms with E-state index < -0.39 is 21.8 Å². The average molecular weight is 535 g/mol. The van der Waals surface area contributed by atoms with Crippen LogP contribution in [0.25, 0.3) is 11.4 Å². The van der Waals surface area contributed by atoms with Gasteiger partial charge in [-0.3, -0.25) is 0 Å². The first-order chi connectivity index (χ1) is 17.6. The number of benzene rings is 2. The highest BCUT2D eigenvalue weighted by Crippen LogP contribution is 2.32. The van der Waals surface area contributed by atoms with E-state index in [0.29, 0.717) is 54.6 Å². The maximum absolute atomic E-state index is 13.4. The molecular formula is C26H29F3N4O3S. The number of halogens is 3. The van der Waals surface area contributed by atoms with E-state index in [4.69, 9.17) is 14.7 Å². The largest absolute Gasteiger partial charge is 0.416 e. The fourth-order valence-electron chi connectivity index (χ4n) is 4.35. The van der Waals surface area contributed by atoms with Crippen molar-refractivity contribution in [1.29, 1.82) is 0 Å². The predicted molar refractivity (Wildman–Crippen MR) is 136 cm³/mol. The third-order valence-electron chi connectivity index (χ3n) is 6.32. The molecule has 1 fully saturated rings. The van der Waals surface area contributed by atoms with Crippen LogP contribution in [0.2, 0.25) is 0 Å². The Bertz CT molecular complexity index is 1330. The second-order valence-corrected chi connectivity index (χ2v) is 11.0. The normalized spacial score (nSPS) is 15.2. The van der Waals surface area contributed by atoms with Gasteiger partial charge in [-0.05, 0) is 18.6 Å². The zero-order valence-corrected chi connectivity index (χ0v) is 21.5. The molecule has 1 aromatic heterocycles. The summed E-state index contributed by atoms with van der Waals surface area (Å²) in [4.78, 5) is 11.6. The van der Waals surface area contributed by atoms with Gasteiger partial charge in [-0.25, -0.2) is 18.4 Å². The molecule has 1 aliphatic rings. The molecule has 1 saturated heterocycles. The summed E-state index contributed by atoms with van der Waals surface area (Å²) < 4.78 is 71.7. The Hall–Kier alpha value is -3.02. The van der Waals surface area contributed by atoms with Crippen molar-refractivity contribution in [2.75, 3.05) is 43.9 Å². The summed E-state index contributed by atoms with van der Waals surface area (Å²) in [7, 11) is -1.79. The van der Waals surface area contributed by atoms with Crippen LogP contribution in [-0.4, -0.2) is 61.7 Å². The SMILES string of the molecule is CCS(=O)(=O)N1CCN(c2nc(-c3ccccc3)nc(COC)c2Cc2cccc(C(F)(F)F)c2)CC1. The summed E-state index contributed by atoms with van der Waals surface area (Å²) in [6.07, 6.45) is -4.29. The van der Waals surface area contributed by atoms with Gasteiger partial charge in [-0.1, -0.05) is 48.5 Å². The molecule has 0 N–H and O–H groups in total. The van der Waals surface area contributed by atoms with Gasteiger partial charge in [0, 0.05) is 50.8 Å². The molecule has 7 nitrogen and oxygen atoms in total. The van der Waals surface area contributed by atoms with E-state index >= 15 is 0 Å². The Labute approximate surface area is 215 Å². The minimum absolute atomic E-state index is 0.0252. The van der Waals surface area contributed by atoms with Crippen molar-refractivity contribution in [1.82, 2.24) is 14.3 Å². The lowest BCUT2D eigenvalue weighted by Gasteiger charge is -2.36. The molecule has 0 bridgehead atoms. The van der Waals surface area contributed by atoms with Crippen LogP contribution in [0, 0.1) is 0 Å². The van der Waals surface area contributed by atoms with Crippen molar-refractivity contribution >= 4 is 15.8 Å². The van der Waals surface area contributed by atoms with Crippen molar-refractivity contribution in [3.8, 4) is 11.4 Å². The maximum atomic E-state index is 13.4. The number of ether oxygens (including phenoxy) is 1. The third kappa shape index (κ3) is 6.28. The van der Waals surface area contributed by atoms with Crippen molar-refractivity contribution in [2.45, 2.75) is 26.1 Å². The maximum Gasteiger partial charge on any atom is 0.416 e. The number of hydrogen-bond acceptors (Lipinski definition) is 6. The van der Waals surface area contributed by atoms with Gasteiger partial charge in [0.25, 0.3) is 0 Å². The summed E-state index contributed by atoms with van der Waals surface area (Å²) in [6.45, 7) is 3.14. The fourth-order valence-corrected chi connectivity index (χ4v) is 5.44. The highest BCUT2D eigenvalue weighted by atomic mass is 32.2. The number of alkyl halides is 3.